The van der Waals surface area contributed by atoms with Crippen LogP contribution in [0.25, 0.3) is 0 Å². The molecule has 1 aromatic carbocycles. The molecule has 1 fully saturated rings. The topological polar surface area (TPSA) is 66.0 Å². The number of carbonyl (C=O) groups is 1. The molecule has 0 radical (unpaired) electrons. The van der Waals surface area contributed by atoms with Crippen molar-refractivity contribution in [2.75, 3.05) is 40.6 Å². The Morgan fingerprint density at radius 1 is 1.35 bits per heavy atom. The molecule has 2 rings (SSSR count). The molecule has 1 saturated heterocycles. The third-order valence-electron chi connectivity index (χ3n) is 3.03. The van der Waals surface area contributed by atoms with Crippen LogP contribution in [0.3, 0.4) is 0 Å². The van der Waals surface area contributed by atoms with Gasteiger partial charge in [-0.05, 0) is 12.1 Å². The van der Waals surface area contributed by atoms with Crippen molar-refractivity contribution in [2.24, 2.45) is 0 Å². The fourth-order valence-corrected chi connectivity index (χ4v) is 1.94. The van der Waals surface area contributed by atoms with E-state index in [0.29, 0.717) is 43.4 Å². The number of methoxy groups -OCH3 is 2. The van der Waals surface area contributed by atoms with E-state index in [1.165, 1.54) is 7.11 Å². The average Bonchev–Trinajstić information content (AvgIpc) is 2.52. The van der Waals surface area contributed by atoms with Crippen LogP contribution in [0.5, 0.6) is 11.5 Å². The Bertz CT molecular complexity index is 457. The molecule has 0 aromatic heterocycles. The highest BCUT2D eigenvalue weighted by molar-refractivity contribution is 5.97. The largest absolute Gasteiger partial charge is 0.497 e. The molecular formula is C14H19NO5. The number of rotatable bonds is 5. The first-order chi connectivity index (χ1) is 9.74. The van der Waals surface area contributed by atoms with Gasteiger partial charge in [0, 0.05) is 12.6 Å². The lowest BCUT2D eigenvalue weighted by Gasteiger charge is -2.23. The molecule has 1 amide bonds. The minimum Gasteiger partial charge on any atom is -0.497 e. The highest BCUT2D eigenvalue weighted by Crippen LogP contribution is 2.24. The zero-order valence-corrected chi connectivity index (χ0v) is 11.7. The van der Waals surface area contributed by atoms with Crippen molar-refractivity contribution < 1.29 is 23.7 Å². The van der Waals surface area contributed by atoms with Gasteiger partial charge in [-0.25, -0.2) is 0 Å². The zero-order chi connectivity index (χ0) is 14.4. The Balaban J connectivity index is 1.97. The maximum absolute atomic E-state index is 12.1. The van der Waals surface area contributed by atoms with Crippen LogP contribution in [0, 0.1) is 0 Å². The van der Waals surface area contributed by atoms with Crippen molar-refractivity contribution in [3.63, 3.8) is 0 Å². The van der Waals surface area contributed by atoms with Crippen LogP contribution in [0.15, 0.2) is 18.2 Å². The van der Waals surface area contributed by atoms with E-state index in [0.717, 1.165) is 0 Å². The first kappa shape index (κ1) is 14.6. The van der Waals surface area contributed by atoms with Gasteiger partial charge in [-0.1, -0.05) is 0 Å². The van der Waals surface area contributed by atoms with Crippen molar-refractivity contribution in [3.05, 3.63) is 23.8 Å². The van der Waals surface area contributed by atoms with E-state index in [1.807, 2.05) is 0 Å². The number of ether oxygens (including phenoxy) is 4. The van der Waals surface area contributed by atoms with Gasteiger partial charge in [0.25, 0.3) is 5.91 Å². The first-order valence-electron chi connectivity index (χ1n) is 6.44. The SMILES string of the molecule is COc1ccc(C(=O)NC[C@@H]2COCCO2)c(OC)c1. The second-order valence-electron chi connectivity index (χ2n) is 4.34. The van der Waals surface area contributed by atoms with Crippen molar-refractivity contribution in [1.82, 2.24) is 5.32 Å². The number of amides is 1. The van der Waals surface area contributed by atoms with Crippen molar-refractivity contribution >= 4 is 5.91 Å². The second kappa shape index (κ2) is 7.12. The summed E-state index contributed by atoms with van der Waals surface area (Å²) in [5.41, 5.74) is 0.463. The molecule has 1 atom stereocenters. The van der Waals surface area contributed by atoms with E-state index in [1.54, 1.807) is 25.3 Å². The molecule has 20 heavy (non-hydrogen) atoms. The summed E-state index contributed by atoms with van der Waals surface area (Å²) < 4.78 is 21.0. The molecule has 110 valence electrons. The predicted molar refractivity (Wildman–Crippen MR) is 72.4 cm³/mol. The lowest BCUT2D eigenvalue weighted by Crippen LogP contribution is -2.39. The Hall–Kier alpha value is -1.79. The van der Waals surface area contributed by atoms with Gasteiger partial charge in [-0.3, -0.25) is 4.79 Å². The Morgan fingerprint density at radius 3 is 2.85 bits per heavy atom. The number of carbonyl (C=O) groups excluding carboxylic acids is 1. The monoisotopic (exact) mass is 281 g/mol. The third kappa shape index (κ3) is 3.61. The van der Waals surface area contributed by atoms with E-state index in [4.69, 9.17) is 18.9 Å². The van der Waals surface area contributed by atoms with Crippen LogP contribution >= 0.6 is 0 Å². The lowest BCUT2D eigenvalue weighted by molar-refractivity contribution is -0.0855. The zero-order valence-electron chi connectivity index (χ0n) is 11.7. The second-order valence-corrected chi connectivity index (χ2v) is 4.34. The average molecular weight is 281 g/mol. The summed E-state index contributed by atoms with van der Waals surface area (Å²) in [5.74, 6) is 0.906. The van der Waals surface area contributed by atoms with Crippen LogP contribution in [0.2, 0.25) is 0 Å². The number of nitrogens with one attached hydrogen (secondary N) is 1. The van der Waals surface area contributed by atoms with Crippen LogP contribution in [0.4, 0.5) is 0 Å². The van der Waals surface area contributed by atoms with Crippen LogP contribution in [0.1, 0.15) is 10.4 Å². The summed E-state index contributed by atoms with van der Waals surface area (Å²) in [4.78, 5) is 12.1. The molecule has 0 unspecified atom stereocenters. The molecule has 0 spiro atoms. The fourth-order valence-electron chi connectivity index (χ4n) is 1.94. The smallest absolute Gasteiger partial charge is 0.255 e. The standard InChI is InChI=1S/C14H19NO5/c1-17-10-3-4-12(13(7-10)18-2)14(16)15-8-11-9-19-5-6-20-11/h3-4,7,11H,5-6,8-9H2,1-2H3,(H,15,16)/t11-/m1/s1. The van der Waals surface area contributed by atoms with E-state index in [-0.39, 0.29) is 12.0 Å². The van der Waals surface area contributed by atoms with E-state index in [2.05, 4.69) is 5.32 Å². The van der Waals surface area contributed by atoms with Gasteiger partial charge < -0.3 is 24.3 Å². The lowest BCUT2D eigenvalue weighted by atomic mass is 10.1. The minimum atomic E-state index is -0.210. The summed E-state index contributed by atoms with van der Waals surface area (Å²) in [7, 11) is 3.08. The summed E-state index contributed by atoms with van der Waals surface area (Å²) >= 11 is 0. The quantitative estimate of drug-likeness (QED) is 0.866. The summed E-state index contributed by atoms with van der Waals surface area (Å²) in [5, 5.41) is 2.82. The van der Waals surface area contributed by atoms with E-state index in [9.17, 15) is 4.79 Å². The van der Waals surface area contributed by atoms with Crippen LogP contribution in [-0.2, 0) is 9.47 Å². The maximum Gasteiger partial charge on any atom is 0.255 e. The molecular weight excluding hydrogens is 262 g/mol. The molecule has 1 N–H and O–H groups in total. The molecule has 1 heterocycles. The Morgan fingerprint density at radius 2 is 2.20 bits per heavy atom. The van der Waals surface area contributed by atoms with Gasteiger partial charge in [0.05, 0.1) is 45.7 Å². The predicted octanol–water partition coefficient (Wildman–Crippen LogP) is 0.849. The first-order valence-corrected chi connectivity index (χ1v) is 6.44. The van der Waals surface area contributed by atoms with E-state index < -0.39 is 0 Å². The van der Waals surface area contributed by atoms with Gasteiger partial charge in [0.15, 0.2) is 0 Å². The number of hydrogen-bond acceptors (Lipinski definition) is 5. The van der Waals surface area contributed by atoms with E-state index >= 15 is 0 Å². The normalized spacial score (nSPS) is 18.4. The molecule has 1 aliphatic heterocycles. The Kier molecular flexibility index (Phi) is 5.20. The van der Waals surface area contributed by atoms with Gasteiger partial charge in [0.1, 0.15) is 11.5 Å². The summed E-state index contributed by atoms with van der Waals surface area (Å²) in [6, 6.07) is 5.07. The highest BCUT2D eigenvalue weighted by atomic mass is 16.6. The van der Waals surface area contributed by atoms with Gasteiger partial charge in [-0.2, -0.15) is 0 Å². The van der Waals surface area contributed by atoms with Crippen molar-refractivity contribution in [3.8, 4) is 11.5 Å². The number of hydrogen-bond donors (Lipinski definition) is 1. The molecule has 1 aromatic rings. The third-order valence-corrected chi connectivity index (χ3v) is 3.03. The highest BCUT2D eigenvalue weighted by Gasteiger charge is 2.18. The Labute approximate surface area is 118 Å². The molecule has 0 saturated carbocycles. The van der Waals surface area contributed by atoms with Crippen molar-refractivity contribution in [1.29, 1.82) is 0 Å². The molecule has 6 nitrogen and oxygen atoms in total. The summed E-state index contributed by atoms with van der Waals surface area (Å²) in [6.07, 6.45) is -0.100. The van der Waals surface area contributed by atoms with Gasteiger partial charge in [0.2, 0.25) is 0 Å². The molecule has 0 aliphatic carbocycles. The fraction of sp³-hybridized carbons (Fsp3) is 0.500. The van der Waals surface area contributed by atoms with Crippen LogP contribution < -0.4 is 14.8 Å². The molecule has 6 heteroatoms. The van der Waals surface area contributed by atoms with Crippen molar-refractivity contribution in [2.45, 2.75) is 6.10 Å². The van der Waals surface area contributed by atoms with Crippen LogP contribution in [-0.4, -0.2) is 52.6 Å². The summed E-state index contributed by atoms with van der Waals surface area (Å²) in [6.45, 7) is 2.08. The molecule has 0 bridgehead atoms. The number of benzene rings is 1. The van der Waals surface area contributed by atoms with Gasteiger partial charge in [-0.15, -0.1) is 0 Å². The molecule has 1 aliphatic rings. The maximum atomic E-state index is 12.1. The minimum absolute atomic E-state index is 0.100. The van der Waals surface area contributed by atoms with Gasteiger partial charge >= 0.3 is 0 Å².